The van der Waals surface area contributed by atoms with Gasteiger partial charge < -0.3 is 0 Å². The number of aryl methyl sites for hydroxylation is 1. The van der Waals surface area contributed by atoms with Gasteiger partial charge in [0, 0.05) is 11.6 Å². The normalized spacial score (nSPS) is 10.0. The third-order valence-electron chi connectivity index (χ3n) is 1.96. The minimum absolute atomic E-state index is 0.120. The SMILES string of the molecule is CCc1cccc([N+](=O)[O-])c1CCl. The Kier molecular flexibility index (Phi) is 3.25. The van der Waals surface area contributed by atoms with E-state index < -0.39 is 4.92 Å². The molecule has 1 aromatic carbocycles. The number of nitro benzene ring substituents is 1. The quantitative estimate of drug-likeness (QED) is 0.427. The Labute approximate surface area is 81.5 Å². The van der Waals surface area contributed by atoms with E-state index in [0.29, 0.717) is 5.56 Å². The van der Waals surface area contributed by atoms with E-state index in [-0.39, 0.29) is 11.6 Å². The predicted octanol–water partition coefficient (Wildman–Crippen LogP) is 2.90. The van der Waals surface area contributed by atoms with Crippen LogP contribution in [0.15, 0.2) is 18.2 Å². The first-order valence-electron chi connectivity index (χ1n) is 4.01. The number of rotatable bonds is 3. The highest BCUT2D eigenvalue weighted by atomic mass is 35.5. The van der Waals surface area contributed by atoms with Crippen molar-refractivity contribution in [1.29, 1.82) is 0 Å². The molecule has 0 amide bonds. The molecule has 0 spiro atoms. The zero-order chi connectivity index (χ0) is 9.84. The van der Waals surface area contributed by atoms with Crippen molar-refractivity contribution in [3.8, 4) is 0 Å². The topological polar surface area (TPSA) is 43.1 Å². The number of alkyl halides is 1. The zero-order valence-electron chi connectivity index (χ0n) is 7.29. The lowest BCUT2D eigenvalue weighted by Gasteiger charge is -2.04. The highest BCUT2D eigenvalue weighted by molar-refractivity contribution is 6.17. The largest absolute Gasteiger partial charge is 0.274 e. The van der Waals surface area contributed by atoms with Crippen molar-refractivity contribution in [3.63, 3.8) is 0 Å². The molecule has 13 heavy (non-hydrogen) atoms. The summed E-state index contributed by atoms with van der Waals surface area (Å²) < 4.78 is 0. The Morgan fingerprint density at radius 1 is 1.54 bits per heavy atom. The molecule has 0 aliphatic carbocycles. The molecule has 0 unspecified atom stereocenters. The van der Waals surface area contributed by atoms with Gasteiger partial charge in [-0.15, -0.1) is 11.6 Å². The molecule has 0 heterocycles. The highest BCUT2D eigenvalue weighted by Gasteiger charge is 2.14. The van der Waals surface area contributed by atoms with Crippen molar-refractivity contribution in [1.82, 2.24) is 0 Å². The van der Waals surface area contributed by atoms with Crippen molar-refractivity contribution in [3.05, 3.63) is 39.4 Å². The molecule has 0 saturated heterocycles. The number of hydrogen-bond acceptors (Lipinski definition) is 2. The standard InChI is InChI=1S/C9H10ClNO2/c1-2-7-4-3-5-9(11(12)13)8(7)6-10/h3-5H,2,6H2,1H3. The fraction of sp³-hybridized carbons (Fsp3) is 0.333. The predicted molar refractivity (Wildman–Crippen MR) is 52.0 cm³/mol. The second-order valence-corrected chi connectivity index (χ2v) is 2.93. The third kappa shape index (κ3) is 1.98. The van der Waals surface area contributed by atoms with Crippen molar-refractivity contribution >= 4 is 17.3 Å². The minimum Gasteiger partial charge on any atom is -0.258 e. The average molecular weight is 200 g/mol. The number of benzene rings is 1. The van der Waals surface area contributed by atoms with E-state index in [9.17, 15) is 10.1 Å². The van der Waals surface area contributed by atoms with Crippen LogP contribution in [0.4, 0.5) is 5.69 Å². The van der Waals surface area contributed by atoms with Crippen molar-refractivity contribution in [2.45, 2.75) is 19.2 Å². The van der Waals surface area contributed by atoms with Crippen LogP contribution >= 0.6 is 11.6 Å². The number of hydrogen-bond donors (Lipinski definition) is 0. The molecule has 0 fully saturated rings. The molecular formula is C9H10ClNO2. The second-order valence-electron chi connectivity index (χ2n) is 2.66. The first-order chi connectivity index (χ1) is 6.20. The molecule has 0 atom stereocenters. The number of halogens is 1. The summed E-state index contributed by atoms with van der Waals surface area (Å²) in [6, 6.07) is 5.04. The van der Waals surface area contributed by atoms with Crippen molar-refractivity contribution in [2.75, 3.05) is 0 Å². The van der Waals surface area contributed by atoms with Crippen LogP contribution in [-0.2, 0) is 12.3 Å². The summed E-state index contributed by atoms with van der Waals surface area (Å²) in [6.45, 7) is 1.95. The molecule has 1 rings (SSSR count). The molecule has 4 heteroatoms. The van der Waals surface area contributed by atoms with Crippen molar-refractivity contribution < 1.29 is 4.92 Å². The van der Waals surface area contributed by atoms with Gasteiger partial charge in [-0.1, -0.05) is 19.1 Å². The van der Waals surface area contributed by atoms with E-state index in [2.05, 4.69) is 0 Å². The van der Waals surface area contributed by atoms with Gasteiger partial charge in [-0.2, -0.15) is 0 Å². The van der Waals surface area contributed by atoms with E-state index in [0.717, 1.165) is 12.0 Å². The smallest absolute Gasteiger partial charge is 0.258 e. The summed E-state index contributed by atoms with van der Waals surface area (Å²) in [5.74, 6) is 0.195. The molecule has 0 aliphatic rings. The first-order valence-corrected chi connectivity index (χ1v) is 4.55. The fourth-order valence-corrected chi connectivity index (χ4v) is 1.59. The Morgan fingerprint density at radius 3 is 2.69 bits per heavy atom. The maximum atomic E-state index is 10.6. The Balaban J connectivity index is 3.27. The molecule has 0 radical (unpaired) electrons. The summed E-state index contributed by atoms with van der Waals surface area (Å²) in [4.78, 5) is 10.2. The zero-order valence-corrected chi connectivity index (χ0v) is 8.04. The van der Waals surface area contributed by atoms with Gasteiger partial charge in [-0.3, -0.25) is 10.1 Å². The summed E-state index contributed by atoms with van der Waals surface area (Å²) in [5.41, 5.74) is 1.70. The van der Waals surface area contributed by atoms with Crippen molar-refractivity contribution in [2.24, 2.45) is 0 Å². The third-order valence-corrected chi connectivity index (χ3v) is 2.23. The lowest BCUT2D eigenvalue weighted by Crippen LogP contribution is -1.97. The Bertz CT molecular complexity index is 325. The van der Waals surface area contributed by atoms with Gasteiger partial charge in [-0.25, -0.2) is 0 Å². The fourth-order valence-electron chi connectivity index (χ4n) is 1.28. The van der Waals surface area contributed by atoms with Crippen LogP contribution in [-0.4, -0.2) is 4.92 Å². The number of nitrogens with zero attached hydrogens (tertiary/aromatic N) is 1. The van der Waals surface area contributed by atoms with Crippen LogP contribution in [0.5, 0.6) is 0 Å². The lowest BCUT2D eigenvalue weighted by atomic mass is 10.1. The van der Waals surface area contributed by atoms with Crippen LogP contribution in [0.1, 0.15) is 18.1 Å². The van der Waals surface area contributed by atoms with Gasteiger partial charge in [0.05, 0.1) is 10.8 Å². The van der Waals surface area contributed by atoms with Gasteiger partial charge in [0.15, 0.2) is 0 Å². The first kappa shape index (κ1) is 9.99. The van der Waals surface area contributed by atoms with E-state index in [1.807, 2.05) is 13.0 Å². The van der Waals surface area contributed by atoms with E-state index in [4.69, 9.17) is 11.6 Å². The Hall–Kier alpha value is -1.09. The van der Waals surface area contributed by atoms with Crippen LogP contribution < -0.4 is 0 Å². The molecular weight excluding hydrogens is 190 g/mol. The molecule has 70 valence electrons. The maximum Gasteiger partial charge on any atom is 0.274 e. The summed E-state index contributed by atoms with van der Waals surface area (Å²) >= 11 is 5.66. The van der Waals surface area contributed by atoms with Gasteiger partial charge >= 0.3 is 0 Å². The molecule has 0 bridgehead atoms. The monoisotopic (exact) mass is 199 g/mol. The lowest BCUT2D eigenvalue weighted by molar-refractivity contribution is -0.385. The van der Waals surface area contributed by atoms with Gasteiger partial charge in [0.25, 0.3) is 5.69 Å². The van der Waals surface area contributed by atoms with E-state index in [1.54, 1.807) is 6.07 Å². The highest BCUT2D eigenvalue weighted by Crippen LogP contribution is 2.24. The van der Waals surface area contributed by atoms with Gasteiger partial charge in [0.2, 0.25) is 0 Å². The molecule has 0 aliphatic heterocycles. The summed E-state index contributed by atoms with van der Waals surface area (Å²) in [5, 5.41) is 10.6. The summed E-state index contributed by atoms with van der Waals surface area (Å²) in [6.07, 6.45) is 0.768. The Morgan fingerprint density at radius 2 is 2.23 bits per heavy atom. The molecule has 0 aromatic heterocycles. The van der Waals surface area contributed by atoms with E-state index in [1.165, 1.54) is 6.07 Å². The van der Waals surface area contributed by atoms with Crippen LogP contribution in [0.3, 0.4) is 0 Å². The van der Waals surface area contributed by atoms with Crippen LogP contribution in [0.25, 0.3) is 0 Å². The molecule has 0 N–H and O–H groups in total. The number of nitro groups is 1. The van der Waals surface area contributed by atoms with Gasteiger partial charge in [-0.05, 0) is 12.0 Å². The summed E-state index contributed by atoms with van der Waals surface area (Å²) in [7, 11) is 0. The van der Waals surface area contributed by atoms with Crippen LogP contribution in [0.2, 0.25) is 0 Å². The molecule has 1 aromatic rings. The van der Waals surface area contributed by atoms with E-state index >= 15 is 0 Å². The maximum absolute atomic E-state index is 10.6. The molecule has 0 saturated carbocycles. The van der Waals surface area contributed by atoms with Gasteiger partial charge in [0.1, 0.15) is 0 Å². The molecule has 3 nitrogen and oxygen atoms in total. The average Bonchev–Trinajstić information content (AvgIpc) is 2.16. The minimum atomic E-state index is -0.392. The second kappa shape index (κ2) is 4.23. The van der Waals surface area contributed by atoms with Crippen LogP contribution in [0, 0.1) is 10.1 Å².